The lowest BCUT2D eigenvalue weighted by atomic mass is 10.1. The Morgan fingerprint density at radius 1 is 1.19 bits per heavy atom. The summed E-state index contributed by atoms with van der Waals surface area (Å²) in [5.41, 5.74) is 3.22. The van der Waals surface area contributed by atoms with Crippen molar-refractivity contribution >= 4 is 54.8 Å². The van der Waals surface area contributed by atoms with E-state index in [1.165, 1.54) is 6.21 Å². The third-order valence-electron chi connectivity index (χ3n) is 4.42. The van der Waals surface area contributed by atoms with E-state index < -0.39 is 6.10 Å². The quantitative estimate of drug-likeness (QED) is 0.226. The number of nitrogens with zero attached hydrogens (tertiary/aromatic N) is 1. The maximum Gasteiger partial charge on any atom is 0.281 e. The first-order valence-corrected chi connectivity index (χ1v) is 11.1. The van der Waals surface area contributed by atoms with E-state index in [1.54, 1.807) is 6.07 Å². The van der Waals surface area contributed by atoms with Gasteiger partial charge < -0.3 is 9.47 Å². The molecule has 1 amide bonds. The summed E-state index contributed by atoms with van der Waals surface area (Å²) in [5, 5.41) is 6.17. The van der Waals surface area contributed by atoms with E-state index in [4.69, 9.17) is 15.9 Å². The van der Waals surface area contributed by atoms with E-state index >= 15 is 0 Å². The van der Waals surface area contributed by atoms with Crippen molar-refractivity contribution in [2.75, 3.05) is 6.61 Å². The van der Waals surface area contributed by atoms with Gasteiger partial charge in [-0.2, -0.15) is 5.10 Å². The van der Waals surface area contributed by atoms with Crippen molar-refractivity contribution in [3.8, 4) is 23.8 Å². The molecule has 3 aromatic carbocycles. The third-order valence-corrected chi connectivity index (χ3v) is 5.73. The van der Waals surface area contributed by atoms with Crippen LogP contribution in [0.25, 0.3) is 10.8 Å². The summed E-state index contributed by atoms with van der Waals surface area (Å²) in [6, 6.07) is 17.2. The Hall–Kier alpha value is -2.82. The van der Waals surface area contributed by atoms with Crippen LogP contribution in [0.5, 0.6) is 11.5 Å². The van der Waals surface area contributed by atoms with Crippen LogP contribution in [0.15, 0.2) is 68.6 Å². The number of carbonyl (C=O) groups is 1. The second-order valence-corrected chi connectivity index (χ2v) is 8.23. The molecular formula is C24H20Br2N2O3. The first-order valence-electron chi connectivity index (χ1n) is 9.56. The van der Waals surface area contributed by atoms with Crippen LogP contribution in [0.1, 0.15) is 18.9 Å². The van der Waals surface area contributed by atoms with Gasteiger partial charge in [0, 0.05) is 10.0 Å². The van der Waals surface area contributed by atoms with Gasteiger partial charge in [-0.25, -0.2) is 5.43 Å². The van der Waals surface area contributed by atoms with Crippen molar-refractivity contribution in [1.82, 2.24) is 5.43 Å². The molecule has 1 atom stereocenters. The summed E-state index contributed by atoms with van der Waals surface area (Å²) >= 11 is 7.00. The fourth-order valence-corrected chi connectivity index (χ4v) is 3.85. The molecule has 3 rings (SSSR count). The third kappa shape index (κ3) is 5.87. The highest BCUT2D eigenvalue weighted by Gasteiger charge is 2.20. The van der Waals surface area contributed by atoms with Gasteiger partial charge in [0.1, 0.15) is 18.1 Å². The largest absolute Gasteiger partial charge is 0.480 e. The van der Waals surface area contributed by atoms with Gasteiger partial charge in [0.2, 0.25) is 0 Å². The Labute approximate surface area is 198 Å². The van der Waals surface area contributed by atoms with Gasteiger partial charge in [0.15, 0.2) is 6.10 Å². The molecule has 0 aliphatic rings. The van der Waals surface area contributed by atoms with Crippen LogP contribution in [0, 0.1) is 12.3 Å². The van der Waals surface area contributed by atoms with E-state index in [9.17, 15) is 4.79 Å². The average molecular weight is 544 g/mol. The Kier molecular flexibility index (Phi) is 8.10. The number of hydrogen-bond donors (Lipinski definition) is 1. The molecule has 158 valence electrons. The average Bonchev–Trinajstić information content (AvgIpc) is 2.78. The minimum atomic E-state index is -0.700. The van der Waals surface area contributed by atoms with Crippen LogP contribution in [-0.2, 0) is 4.79 Å². The first kappa shape index (κ1) is 22.9. The van der Waals surface area contributed by atoms with Crippen molar-refractivity contribution in [1.29, 1.82) is 0 Å². The lowest BCUT2D eigenvalue weighted by Crippen LogP contribution is -2.35. The molecule has 0 aliphatic carbocycles. The maximum absolute atomic E-state index is 12.6. The zero-order valence-corrected chi connectivity index (χ0v) is 19.9. The maximum atomic E-state index is 12.6. The topological polar surface area (TPSA) is 59.9 Å². The number of benzene rings is 3. The highest BCUT2D eigenvalue weighted by Crippen LogP contribution is 2.33. The monoisotopic (exact) mass is 542 g/mol. The summed E-state index contributed by atoms with van der Waals surface area (Å²) in [6.45, 7) is 2.02. The Morgan fingerprint density at radius 2 is 1.97 bits per heavy atom. The molecule has 1 N–H and O–H groups in total. The molecule has 0 aromatic heterocycles. The fourth-order valence-electron chi connectivity index (χ4n) is 2.89. The Balaban J connectivity index is 1.70. The second-order valence-electron chi connectivity index (χ2n) is 6.52. The van der Waals surface area contributed by atoms with Gasteiger partial charge in [-0.05, 0) is 57.4 Å². The van der Waals surface area contributed by atoms with Crippen molar-refractivity contribution in [3.05, 3.63) is 69.1 Å². The Bertz CT molecular complexity index is 1160. The van der Waals surface area contributed by atoms with Crippen molar-refractivity contribution < 1.29 is 14.3 Å². The molecular weight excluding hydrogens is 524 g/mol. The fraction of sp³-hybridized carbons (Fsp3) is 0.167. The summed E-state index contributed by atoms with van der Waals surface area (Å²) in [5.74, 6) is 3.25. The molecule has 0 unspecified atom stereocenters. The molecule has 3 aromatic rings. The van der Waals surface area contributed by atoms with Crippen LogP contribution in [0.4, 0.5) is 0 Å². The molecule has 0 spiro atoms. The highest BCUT2D eigenvalue weighted by atomic mass is 79.9. The number of hydrazone groups is 1. The van der Waals surface area contributed by atoms with Gasteiger partial charge >= 0.3 is 0 Å². The molecule has 0 fully saturated rings. The number of fused-ring (bicyclic) bond motifs is 1. The normalized spacial score (nSPS) is 11.8. The lowest BCUT2D eigenvalue weighted by molar-refractivity contribution is -0.128. The smallest absolute Gasteiger partial charge is 0.281 e. The molecule has 0 aliphatic heterocycles. The lowest BCUT2D eigenvalue weighted by Gasteiger charge is -2.17. The van der Waals surface area contributed by atoms with Gasteiger partial charge in [-0.15, -0.1) is 6.42 Å². The number of ether oxygens (including phenoxy) is 2. The van der Waals surface area contributed by atoms with E-state index in [0.29, 0.717) is 23.5 Å². The zero-order chi connectivity index (χ0) is 22.2. The molecule has 0 radical (unpaired) electrons. The van der Waals surface area contributed by atoms with E-state index in [-0.39, 0.29) is 12.5 Å². The number of rotatable bonds is 8. The molecule has 7 heteroatoms. The number of amides is 1. The summed E-state index contributed by atoms with van der Waals surface area (Å²) in [7, 11) is 0. The molecule has 0 heterocycles. The number of nitrogens with one attached hydrogen (secondary N) is 1. The minimum absolute atomic E-state index is 0.140. The van der Waals surface area contributed by atoms with Crippen molar-refractivity contribution in [2.24, 2.45) is 5.10 Å². The van der Waals surface area contributed by atoms with Gasteiger partial charge in [0.05, 0.1) is 10.7 Å². The van der Waals surface area contributed by atoms with Gasteiger partial charge in [-0.3, -0.25) is 4.79 Å². The number of terminal acetylenes is 1. The second kappa shape index (κ2) is 11.0. The summed E-state index contributed by atoms with van der Waals surface area (Å²) in [6.07, 6.45) is 6.54. The molecule has 0 saturated carbocycles. The molecule has 0 bridgehead atoms. The van der Waals surface area contributed by atoms with Crippen LogP contribution in [0.3, 0.4) is 0 Å². The van der Waals surface area contributed by atoms with E-state index in [0.717, 1.165) is 19.7 Å². The van der Waals surface area contributed by atoms with E-state index in [1.807, 2.05) is 55.5 Å². The minimum Gasteiger partial charge on any atom is -0.480 e. The first-order chi connectivity index (χ1) is 15.0. The molecule has 5 nitrogen and oxygen atoms in total. The predicted octanol–water partition coefficient (Wildman–Crippen LogP) is 5.68. The van der Waals surface area contributed by atoms with Crippen molar-refractivity contribution in [2.45, 2.75) is 19.4 Å². The van der Waals surface area contributed by atoms with Gasteiger partial charge in [-0.1, -0.05) is 59.1 Å². The number of hydrogen-bond acceptors (Lipinski definition) is 4. The number of halogens is 2. The van der Waals surface area contributed by atoms with Crippen LogP contribution < -0.4 is 14.9 Å². The zero-order valence-electron chi connectivity index (χ0n) is 16.8. The van der Waals surface area contributed by atoms with Crippen LogP contribution >= 0.6 is 31.9 Å². The molecule has 31 heavy (non-hydrogen) atoms. The molecule has 0 saturated heterocycles. The highest BCUT2D eigenvalue weighted by molar-refractivity contribution is 9.11. The van der Waals surface area contributed by atoms with Crippen LogP contribution in [0.2, 0.25) is 0 Å². The van der Waals surface area contributed by atoms with Gasteiger partial charge in [0.25, 0.3) is 5.91 Å². The number of carbonyl (C=O) groups excluding carboxylic acids is 1. The SMILES string of the molecule is C#CCOc1ccc(Br)cc1/C=N\NC(=O)[C@H](CC)Oc1ccc2ccccc2c1Br. The summed E-state index contributed by atoms with van der Waals surface area (Å²) < 4.78 is 13.1. The van der Waals surface area contributed by atoms with Crippen molar-refractivity contribution in [3.63, 3.8) is 0 Å². The predicted molar refractivity (Wildman–Crippen MR) is 131 cm³/mol. The standard InChI is InChI=1S/C24H20Br2N2O3/c1-3-13-30-21-12-10-18(25)14-17(21)15-27-28-24(29)20(4-2)31-22-11-9-16-7-5-6-8-19(16)23(22)26/h1,5-12,14-15,20H,4,13H2,2H3,(H,28,29)/b27-15-/t20-/m0/s1. The van der Waals surface area contributed by atoms with E-state index in [2.05, 4.69) is 48.3 Å². The Morgan fingerprint density at radius 3 is 2.74 bits per heavy atom. The van der Waals surface area contributed by atoms with Crippen LogP contribution in [-0.4, -0.2) is 24.8 Å². The summed E-state index contributed by atoms with van der Waals surface area (Å²) in [4.78, 5) is 12.6.